The molecule has 0 heterocycles. The van der Waals surface area contributed by atoms with Crippen molar-refractivity contribution in [3.05, 3.63) is 0 Å². The number of unbranched alkanes of at least 4 members (excludes halogenated alkanes) is 1. The molecule has 0 saturated carbocycles. The normalized spacial score (nSPS) is 13.9. The Morgan fingerprint density at radius 2 is 1.89 bits per heavy atom. The van der Waals surface area contributed by atoms with Gasteiger partial charge in [0.15, 0.2) is 0 Å². The van der Waals surface area contributed by atoms with Crippen molar-refractivity contribution in [2.45, 2.75) is 46.0 Å². The molecule has 0 aliphatic rings. The third kappa shape index (κ3) is 8.57. The average molecular weight is 293 g/mol. The van der Waals surface area contributed by atoms with Crippen LogP contribution in [0.2, 0.25) is 0 Å². The summed E-state index contributed by atoms with van der Waals surface area (Å²) >= 11 is 0. The van der Waals surface area contributed by atoms with E-state index >= 15 is 0 Å². The van der Waals surface area contributed by atoms with Gasteiger partial charge in [0.2, 0.25) is 0 Å². The number of nitrogens with zero attached hydrogens (tertiary/aromatic N) is 1. The van der Waals surface area contributed by atoms with E-state index in [2.05, 4.69) is 23.9 Å². The topological polar surface area (TPSA) is 61.4 Å². The maximum Gasteiger partial charge on any atom is 0.279 e. The minimum Gasteiger partial charge on any atom is -0.320 e. The van der Waals surface area contributed by atoms with Crippen LogP contribution in [0.15, 0.2) is 0 Å². The largest absolute Gasteiger partial charge is 0.320 e. The third-order valence-corrected chi connectivity index (χ3v) is 4.94. The van der Waals surface area contributed by atoms with Crippen LogP contribution in [0.25, 0.3) is 0 Å². The summed E-state index contributed by atoms with van der Waals surface area (Å²) in [5, 5.41) is 3.02. The van der Waals surface area contributed by atoms with Crippen LogP contribution in [0.1, 0.15) is 46.0 Å². The zero-order valence-corrected chi connectivity index (χ0v) is 13.7. The van der Waals surface area contributed by atoms with Crippen molar-refractivity contribution in [1.82, 2.24) is 14.3 Å². The number of nitrogens with one attached hydrogen (secondary N) is 2. The Bertz CT molecular complexity index is 307. The van der Waals surface area contributed by atoms with Crippen LogP contribution in [-0.4, -0.2) is 46.5 Å². The molecular weight excluding hydrogens is 262 g/mol. The molecule has 0 amide bonds. The summed E-state index contributed by atoms with van der Waals surface area (Å²) in [7, 11) is 0.182. The lowest BCUT2D eigenvalue weighted by Crippen LogP contribution is -2.41. The van der Waals surface area contributed by atoms with E-state index in [0.29, 0.717) is 19.0 Å². The van der Waals surface area contributed by atoms with E-state index in [4.69, 9.17) is 0 Å². The highest BCUT2D eigenvalue weighted by Crippen LogP contribution is 2.12. The zero-order valence-electron chi connectivity index (χ0n) is 12.9. The molecular formula is C13H31N3O2S. The molecule has 0 aliphatic carbocycles. The van der Waals surface area contributed by atoms with Gasteiger partial charge in [0.05, 0.1) is 0 Å². The molecule has 0 aromatic carbocycles. The summed E-state index contributed by atoms with van der Waals surface area (Å²) in [6, 6.07) is 0. The maximum absolute atomic E-state index is 12.0. The molecule has 0 aromatic rings. The van der Waals surface area contributed by atoms with Crippen molar-refractivity contribution in [2.75, 3.05) is 33.7 Å². The van der Waals surface area contributed by atoms with Gasteiger partial charge in [-0.25, -0.2) is 4.72 Å². The van der Waals surface area contributed by atoms with Crippen LogP contribution >= 0.6 is 0 Å². The molecule has 1 atom stereocenters. The summed E-state index contributed by atoms with van der Waals surface area (Å²) < 4.78 is 28.1. The van der Waals surface area contributed by atoms with Crippen molar-refractivity contribution >= 4 is 10.2 Å². The zero-order chi connectivity index (χ0) is 14.7. The highest BCUT2D eigenvalue weighted by Gasteiger charge is 2.18. The predicted molar refractivity (Wildman–Crippen MR) is 81.4 cm³/mol. The first-order chi connectivity index (χ1) is 8.97. The molecule has 0 spiro atoms. The van der Waals surface area contributed by atoms with E-state index < -0.39 is 10.2 Å². The summed E-state index contributed by atoms with van der Waals surface area (Å²) in [6.45, 7) is 6.20. The highest BCUT2D eigenvalue weighted by atomic mass is 32.2. The quantitative estimate of drug-likeness (QED) is 0.537. The van der Waals surface area contributed by atoms with Gasteiger partial charge in [0, 0.05) is 20.1 Å². The van der Waals surface area contributed by atoms with Gasteiger partial charge in [-0.3, -0.25) is 0 Å². The van der Waals surface area contributed by atoms with Gasteiger partial charge in [-0.1, -0.05) is 33.1 Å². The lowest BCUT2D eigenvalue weighted by molar-refractivity contribution is 0.417. The van der Waals surface area contributed by atoms with Crippen molar-refractivity contribution in [1.29, 1.82) is 0 Å². The van der Waals surface area contributed by atoms with Gasteiger partial charge in [-0.15, -0.1) is 0 Å². The standard InChI is InChI=1S/C13H31N3O2S/c1-5-7-9-13(6-2)12-15-19(17,18)16(4)11-8-10-14-3/h13-15H,5-12H2,1-4H3. The van der Waals surface area contributed by atoms with Gasteiger partial charge in [0.1, 0.15) is 0 Å². The van der Waals surface area contributed by atoms with Gasteiger partial charge in [-0.05, 0) is 32.4 Å². The SMILES string of the molecule is CCCCC(CC)CNS(=O)(=O)N(C)CCCNC. The van der Waals surface area contributed by atoms with Crippen LogP contribution in [0.5, 0.6) is 0 Å². The Labute approximate surface area is 119 Å². The van der Waals surface area contributed by atoms with Crippen molar-refractivity contribution in [3.8, 4) is 0 Å². The van der Waals surface area contributed by atoms with Gasteiger partial charge in [-0.2, -0.15) is 12.7 Å². The summed E-state index contributed by atoms with van der Waals surface area (Å²) in [5.41, 5.74) is 0. The van der Waals surface area contributed by atoms with Crippen molar-refractivity contribution < 1.29 is 8.42 Å². The fourth-order valence-electron chi connectivity index (χ4n) is 1.88. The molecule has 6 heteroatoms. The predicted octanol–water partition coefficient (Wildman–Crippen LogP) is 1.58. The van der Waals surface area contributed by atoms with E-state index in [1.54, 1.807) is 7.05 Å². The molecule has 0 aromatic heterocycles. The van der Waals surface area contributed by atoms with Crippen LogP contribution in [0.3, 0.4) is 0 Å². The minimum absolute atomic E-state index is 0.445. The van der Waals surface area contributed by atoms with Gasteiger partial charge in [0.25, 0.3) is 10.2 Å². The summed E-state index contributed by atoms with van der Waals surface area (Å²) in [5.74, 6) is 0.445. The van der Waals surface area contributed by atoms with E-state index in [1.165, 1.54) is 4.31 Å². The Hall–Kier alpha value is -0.170. The second kappa shape index (κ2) is 10.6. The van der Waals surface area contributed by atoms with Crippen molar-refractivity contribution in [3.63, 3.8) is 0 Å². The molecule has 0 rings (SSSR count). The molecule has 116 valence electrons. The second-order valence-corrected chi connectivity index (χ2v) is 6.91. The molecule has 2 N–H and O–H groups in total. The Morgan fingerprint density at radius 3 is 2.42 bits per heavy atom. The van der Waals surface area contributed by atoms with Crippen LogP contribution in [0, 0.1) is 5.92 Å². The fraction of sp³-hybridized carbons (Fsp3) is 1.00. The van der Waals surface area contributed by atoms with Crippen LogP contribution in [0.4, 0.5) is 0 Å². The fourth-order valence-corrected chi connectivity index (χ4v) is 2.91. The van der Waals surface area contributed by atoms with Crippen LogP contribution < -0.4 is 10.0 Å². The van der Waals surface area contributed by atoms with Gasteiger partial charge >= 0.3 is 0 Å². The van der Waals surface area contributed by atoms with E-state index in [9.17, 15) is 8.42 Å². The number of hydrogen-bond acceptors (Lipinski definition) is 3. The first-order valence-corrected chi connectivity index (χ1v) is 8.77. The monoisotopic (exact) mass is 293 g/mol. The highest BCUT2D eigenvalue weighted by molar-refractivity contribution is 7.87. The van der Waals surface area contributed by atoms with Gasteiger partial charge < -0.3 is 5.32 Å². The Kier molecular flexibility index (Phi) is 10.5. The molecule has 0 aliphatic heterocycles. The lowest BCUT2D eigenvalue weighted by atomic mass is 10.00. The Morgan fingerprint density at radius 1 is 1.21 bits per heavy atom. The molecule has 19 heavy (non-hydrogen) atoms. The second-order valence-electron chi connectivity index (χ2n) is 5.05. The maximum atomic E-state index is 12.0. The summed E-state index contributed by atoms with van der Waals surface area (Å²) in [6.07, 6.45) is 5.26. The average Bonchev–Trinajstić information content (AvgIpc) is 2.39. The van der Waals surface area contributed by atoms with E-state index in [1.807, 2.05) is 7.05 Å². The third-order valence-electron chi connectivity index (χ3n) is 3.41. The molecule has 0 bridgehead atoms. The molecule has 0 fully saturated rings. The van der Waals surface area contributed by atoms with Crippen molar-refractivity contribution in [2.24, 2.45) is 5.92 Å². The van der Waals surface area contributed by atoms with E-state index in [0.717, 1.165) is 38.6 Å². The molecule has 1 unspecified atom stereocenters. The smallest absolute Gasteiger partial charge is 0.279 e. The molecule has 0 radical (unpaired) electrons. The van der Waals surface area contributed by atoms with E-state index in [-0.39, 0.29) is 0 Å². The molecule has 0 saturated heterocycles. The molecule has 5 nitrogen and oxygen atoms in total. The van der Waals surface area contributed by atoms with Crippen LogP contribution in [-0.2, 0) is 10.2 Å². The lowest BCUT2D eigenvalue weighted by Gasteiger charge is -2.20. The first kappa shape index (κ1) is 18.8. The number of rotatable bonds is 12. The number of hydrogen-bond donors (Lipinski definition) is 2. The first-order valence-electron chi connectivity index (χ1n) is 7.33. The minimum atomic E-state index is -3.32. The summed E-state index contributed by atoms with van der Waals surface area (Å²) in [4.78, 5) is 0. The Balaban J connectivity index is 4.12.